The van der Waals surface area contributed by atoms with Crippen LogP contribution in [-0.4, -0.2) is 76.1 Å². The molecule has 1 saturated carbocycles. The highest BCUT2D eigenvalue weighted by Crippen LogP contribution is 2.35. The smallest absolute Gasteiger partial charge is 0.262 e. The first-order chi connectivity index (χ1) is 20.2. The van der Waals surface area contributed by atoms with E-state index in [4.69, 9.17) is 5.73 Å². The lowest BCUT2D eigenvalue weighted by atomic mass is 10.1. The van der Waals surface area contributed by atoms with Gasteiger partial charge >= 0.3 is 0 Å². The maximum absolute atomic E-state index is 15.2. The number of nitrogens with zero attached hydrogens (tertiary/aromatic N) is 6. The maximum Gasteiger partial charge on any atom is 0.262 e. The van der Waals surface area contributed by atoms with Crippen LogP contribution in [0.5, 0.6) is 0 Å². The van der Waals surface area contributed by atoms with Gasteiger partial charge in [0.25, 0.3) is 5.56 Å². The molecule has 4 aromatic rings. The van der Waals surface area contributed by atoms with Crippen LogP contribution in [0.25, 0.3) is 16.8 Å². The molecule has 6 rings (SSSR count). The van der Waals surface area contributed by atoms with Gasteiger partial charge in [0.05, 0.1) is 28.4 Å². The number of aromatic nitrogens is 4. The predicted molar refractivity (Wildman–Crippen MR) is 159 cm³/mol. The van der Waals surface area contributed by atoms with Crippen molar-refractivity contribution in [3.8, 4) is 11.1 Å². The normalized spacial score (nSPS) is 16.7. The van der Waals surface area contributed by atoms with Crippen molar-refractivity contribution in [2.24, 2.45) is 5.73 Å². The fourth-order valence-corrected chi connectivity index (χ4v) is 6.69. The highest BCUT2D eigenvalue weighted by Gasteiger charge is 2.29. The molecule has 3 aromatic heterocycles. The molecule has 2 aliphatic rings. The first-order valence-electron chi connectivity index (χ1n) is 14.3. The summed E-state index contributed by atoms with van der Waals surface area (Å²) in [5, 5.41) is 7.32. The Labute approximate surface area is 243 Å². The number of hydrogen-bond acceptors (Lipinski definition) is 8. The van der Waals surface area contributed by atoms with Crippen LogP contribution in [0.3, 0.4) is 0 Å². The van der Waals surface area contributed by atoms with Gasteiger partial charge in [-0.2, -0.15) is 9.40 Å². The lowest BCUT2D eigenvalue weighted by molar-refractivity contribution is 0.186. The van der Waals surface area contributed by atoms with Crippen molar-refractivity contribution in [3.63, 3.8) is 0 Å². The second-order valence-electron chi connectivity index (χ2n) is 11.0. The molecule has 11 nitrogen and oxygen atoms in total. The number of benzene rings is 1. The fraction of sp³-hybridized carbons (Fsp3) is 0.414. The summed E-state index contributed by atoms with van der Waals surface area (Å²) < 4.78 is 46.5. The Kier molecular flexibility index (Phi) is 7.83. The molecule has 0 bridgehead atoms. The van der Waals surface area contributed by atoms with Crippen LogP contribution in [0.15, 0.2) is 58.6 Å². The highest BCUT2D eigenvalue weighted by atomic mass is 32.2. The largest absolute Gasteiger partial charge is 0.337 e. The van der Waals surface area contributed by atoms with Gasteiger partial charge in [0.1, 0.15) is 17.3 Å². The molecule has 222 valence electrons. The van der Waals surface area contributed by atoms with Crippen molar-refractivity contribution in [1.29, 1.82) is 0 Å². The molecular weight excluding hydrogens is 559 g/mol. The van der Waals surface area contributed by atoms with Crippen molar-refractivity contribution >= 4 is 27.2 Å². The van der Waals surface area contributed by atoms with Gasteiger partial charge in [-0.15, -0.1) is 0 Å². The Morgan fingerprint density at radius 1 is 1.05 bits per heavy atom. The molecule has 0 spiro atoms. The van der Waals surface area contributed by atoms with E-state index in [0.29, 0.717) is 50.0 Å². The van der Waals surface area contributed by atoms with Crippen LogP contribution >= 0.6 is 0 Å². The zero-order chi connectivity index (χ0) is 29.4. The van der Waals surface area contributed by atoms with Crippen LogP contribution in [0.1, 0.15) is 37.3 Å². The first kappa shape index (κ1) is 28.5. The quantitative estimate of drug-likeness (QED) is 0.268. The van der Waals surface area contributed by atoms with Crippen LogP contribution < -0.4 is 16.6 Å². The average molecular weight is 595 g/mol. The van der Waals surface area contributed by atoms with E-state index in [1.165, 1.54) is 20.8 Å². The number of nitrogens with one attached hydrogen (secondary N) is 1. The number of sulfonamides is 1. The van der Waals surface area contributed by atoms with Gasteiger partial charge in [0.2, 0.25) is 10.0 Å². The molecule has 0 atom stereocenters. The van der Waals surface area contributed by atoms with Gasteiger partial charge in [-0.25, -0.2) is 17.8 Å². The van der Waals surface area contributed by atoms with Gasteiger partial charge < -0.3 is 16.0 Å². The topological polar surface area (TPSA) is 131 Å². The van der Waals surface area contributed by atoms with E-state index >= 15 is 4.39 Å². The Morgan fingerprint density at radius 3 is 2.55 bits per heavy atom. The summed E-state index contributed by atoms with van der Waals surface area (Å²) in [7, 11) is -3.85. The number of rotatable bonds is 10. The summed E-state index contributed by atoms with van der Waals surface area (Å²) in [5.41, 5.74) is 7.76. The Bertz CT molecular complexity index is 1780. The zero-order valence-corrected chi connectivity index (χ0v) is 24.4. The van der Waals surface area contributed by atoms with E-state index < -0.39 is 15.8 Å². The van der Waals surface area contributed by atoms with Crippen LogP contribution in [-0.2, 0) is 10.0 Å². The molecule has 2 fully saturated rings. The third-order valence-electron chi connectivity index (χ3n) is 8.00. The van der Waals surface area contributed by atoms with E-state index in [1.54, 1.807) is 25.4 Å². The van der Waals surface area contributed by atoms with E-state index in [0.717, 1.165) is 49.4 Å². The van der Waals surface area contributed by atoms with E-state index in [-0.39, 0.29) is 22.0 Å². The third kappa shape index (κ3) is 5.69. The Balaban J connectivity index is 1.18. The standard InChI is InChI=1S/C29H35FN8O3S/c1-20-28(34-27-9-4-21(18-37(27)29(20)39)22-17-32-38(19-22)23-5-6-23)33-26-8-7-24(16-25(26)30)42(40,41)36-14-12-35(13-15-36)11-3-2-10-31/h4,7-9,16-19,23,33H,2-3,5-6,10-15,31H2,1H3. The lowest BCUT2D eigenvalue weighted by Gasteiger charge is -2.34. The minimum Gasteiger partial charge on any atom is -0.337 e. The second kappa shape index (κ2) is 11.6. The van der Waals surface area contributed by atoms with Gasteiger partial charge in [-0.3, -0.25) is 13.9 Å². The van der Waals surface area contributed by atoms with Gasteiger partial charge in [-0.05, 0) is 76.0 Å². The SMILES string of the molecule is Cc1c(Nc2ccc(S(=O)(=O)N3CCN(CCCCN)CC3)cc2F)nc2ccc(-c3cnn(C4CC4)c3)cn2c1=O. The molecule has 4 heterocycles. The number of unbranched alkanes of at least 4 members (excludes halogenated alkanes) is 1. The van der Waals surface area contributed by atoms with Gasteiger partial charge in [0, 0.05) is 49.7 Å². The van der Waals surface area contributed by atoms with E-state index in [2.05, 4.69) is 20.3 Å². The van der Waals surface area contributed by atoms with Gasteiger partial charge in [0.15, 0.2) is 0 Å². The van der Waals surface area contributed by atoms with Crippen LogP contribution in [0, 0.1) is 12.7 Å². The lowest BCUT2D eigenvalue weighted by Crippen LogP contribution is -2.48. The Morgan fingerprint density at radius 2 is 1.83 bits per heavy atom. The summed E-state index contributed by atoms with van der Waals surface area (Å²) in [6.07, 6.45) is 9.68. The van der Waals surface area contributed by atoms with Crippen LogP contribution in [0.4, 0.5) is 15.9 Å². The van der Waals surface area contributed by atoms with Crippen LogP contribution in [0.2, 0.25) is 0 Å². The molecule has 1 aromatic carbocycles. The number of pyridine rings is 1. The molecule has 1 aliphatic carbocycles. The average Bonchev–Trinajstić information content (AvgIpc) is 3.73. The summed E-state index contributed by atoms with van der Waals surface area (Å²) in [6.45, 7) is 5.10. The number of halogens is 1. The molecule has 0 radical (unpaired) electrons. The maximum atomic E-state index is 15.2. The summed E-state index contributed by atoms with van der Waals surface area (Å²) in [4.78, 5) is 19.9. The number of nitrogens with two attached hydrogens (primary N) is 1. The molecule has 0 amide bonds. The minimum atomic E-state index is -3.85. The van der Waals surface area contributed by atoms with Crippen molar-refractivity contribution in [2.75, 3.05) is 44.6 Å². The van der Waals surface area contributed by atoms with Gasteiger partial charge in [-0.1, -0.05) is 0 Å². The molecule has 1 aliphatic heterocycles. The first-order valence-corrected chi connectivity index (χ1v) is 15.8. The van der Waals surface area contributed by atoms with Crippen molar-refractivity contribution in [1.82, 2.24) is 28.4 Å². The monoisotopic (exact) mass is 594 g/mol. The highest BCUT2D eigenvalue weighted by molar-refractivity contribution is 7.89. The molecule has 0 unspecified atom stereocenters. The van der Waals surface area contributed by atoms with Crippen molar-refractivity contribution in [3.05, 3.63) is 70.7 Å². The summed E-state index contributed by atoms with van der Waals surface area (Å²) in [5.74, 6) is -0.546. The number of anilines is 2. The predicted octanol–water partition coefficient (Wildman–Crippen LogP) is 3.13. The Hall–Kier alpha value is -3.65. The van der Waals surface area contributed by atoms with E-state index in [1.807, 2.05) is 16.9 Å². The molecular formula is C29H35FN8O3S. The second-order valence-corrected chi connectivity index (χ2v) is 12.9. The molecule has 1 saturated heterocycles. The number of fused-ring (bicyclic) bond motifs is 1. The van der Waals surface area contributed by atoms with E-state index in [9.17, 15) is 13.2 Å². The molecule has 42 heavy (non-hydrogen) atoms. The third-order valence-corrected chi connectivity index (χ3v) is 9.89. The van der Waals surface area contributed by atoms with Crippen molar-refractivity contribution in [2.45, 2.75) is 43.5 Å². The summed E-state index contributed by atoms with van der Waals surface area (Å²) in [6, 6.07) is 7.83. The molecule has 13 heteroatoms. The minimum absolute atomic E-state index is 0.0298. The molecule has 3 N–H and O–H groups in total. The number of hydrogen-bond donors (Lipinski definition) is 2. The zero-order valence-electron chi connectivity index (χ0n) is 23.5. The fourth-order valence-electron chi connectivity index (χ4n) is 5.25. The van der Waals surface area contributed by atoms with Crippen molar-refractivity contribution < 1.29 is 12.8 Å². The number of piperazine rings is 1. The summed E-state index contributed by atoms with van der Waals surface area (Å²) >= 11 is 0.